The normalized spacial score (nSPS) is 12.7. The summed E-state index contributed by atoms with van der Waals surface area (Å²) in [5.74, 6) is -0.535. The maximum Gasteiger partial charge on any atom is 0.242 e. The second-order valence-electron chi connectivity index (χ2n) is 5.32. The maximum absolute atomic E-state index is 12.4. The molecule has 0 heterocycles. The minimum absolute atomic E-state index is 0.00944. The number of benzene rings is 2. The number of halogens is 3. The molecule has 1 atom stereocenters. The molecule has 0 fully saturated rings. The van der Waals surface area contributed by atoms with Gasteiger partial charge in [0.15, 0.2) is 0 Å². The summed E-state index contributed by atoms with van der Waals surface area (Å²) in [6.45, 7) is 3.17. The van der Waals surface area contributed by atoms with Crippen LogP contribution >= 0.6 is 34.8 Å². The molecule has 0 aromatic heterocycles. The number of carbonyl (C=O) groups excluding carboxylic acids is 1. The fourth-order valence-electron chi connectivity index (χ4n) is 2.02. The van der Waals surface area contributed by atoms with Crippen molar-refractivity contribution in [2.75, 3.05) is 5.32 Å². The van der Waals surface area contributed by atoms with Gasteiger partial charge in [-0.25, -0.2) is 8.42 Å². The zero-order valence-corrected chi connectivity index (χ0v) is 16.4. The van der Waals surface area contributed by atoms with Crippen LogP contribution in [0.15, 0.2) is 41.3 Å². The van der Waals surface area contributed by atoms with Crippen molar-refractivity contribution < 1.29 is 13.2 Å². The summed E-state index contributed by atoms with van der Waals surface area (Å²) in [7, 11) is -4.02. The van der Waals surface area contributed by atoms with Crippen LogP contribution in [-0.2, 0) is 14.8 Å². The lowest BCUT2D eigenvalue weighted by atomic mass is 10.2. The molecule has 25 heavy (non-hydrogen) atoms. The van der Waals surface area contributed by atoms with E-state index in [0.717, 1.165) is 0 Å². The molecule has 0 saturated heterocycles. The lowest BCUT2D eigenvalue weighted by molar-refractivity contribution is -0.117. The Kier molecular flexibility index (Phi) is 6.35. The molecule has 5 nitrogen and oxygen atoms in total. The quantitative estimate of drug-likeness (QED) is 0.757. The van der Waals surface area contributed by atoms with Gasteiger partial charge in [-0.15, -0.1) is 0 Å². The third-order valence-corrected chi connectivity index (χ3v) is 6.10. The van der Waals surface area contributed by atoms with Gasteiger partial charge in [-0.1, -0.05) is 40.9 Å². The molecule has 2 N–H and O–H groups in total. The van der Waals surface area contributed by atoms with Gasteiger partial charge in [0.25, 0.3) is 0 Å². The molecular formula is C16H15Cl3N2O3S. The Labute approximate surface area is 161 Å². The first kappa shape index (κ1) is 20.0. The Morgan fingerprint density at radius 2 is 1.76 bits per heavy atom. The molecule has 1 amide bonds. The number of nitrogens with one attached hydrogen (secondary N) is 2. The smallest absolute Gasteiger partial charge is 0.242 e. The summed E-state index contributed by atoms with van der Waals surface area (Å²) in [6.07, 6.45) is 0. The summed E-state index contributed by atoms with van der Waals surface area (Å²) in [6, 6.07) is 8.08. The van der Waals surface area contributed by atoms with Crippen molar-refractivity contribution in [2.45, 2.75) is 24.8 Å². The second-order valence-corrected chi connectivity index (χ2v) is 8.25. The van der Waals surface area contributed by atoms with Crippen molar-refractivity contribution >= 4 is 56.4 Å². The number of hydrogen-bond acceptors (Lipinski definition) is 3. The third kappa shape index (κ3) is 4.86. The summed E-state index contributed by atoms with van der Waals surface area (Å²) in [4.78, 5) is 12.1. The van der Waals surface area contributed by atoms with Crippen LogP contribution in [0.2, 0.25) is 15.1 Å². The van der Waals surface area contributed by atoms with Crippen LogP contribution in [0.5, 0.6) is 0 Å². The van der Waals surface area contributed by atoms with E-state index in [9.17, 15) is 13.2 Å². The fourth-order valence-corrected chi connectivity index (χ4v) is 4.16. The molecule has 0 radical (unpaired) electrons. The van der Waals surface area contributed by atoms with Crippen LogP contribution in [0.25, 0.3) is 0 Å². The van der Waals surface area contributed by atoms with Gasteiger partial charge in [0.05, 0.1) is 11.1 Å². The molecule has 0 saturated carbocycles. The Bertz CT molecular complexity index is 917. The molecule has 0 aliphatic carbocycles. The molecule has 0 aliphatic rings. The summed E-state index contributed by atoms with van der Waals surface area (Å²) < 4.78 is 27.2. The van der Waals surface area contributed by atoms with Crippen LogP contribution in [0.4, 0.5) is 5.69 Å². The topological polar surface area (TPSA) is 75.3 Å². The molecule has 9 heteroatoms. The van der Waals surface area contributed by atoms with E-state index >= 15 is 0 Å². The minimum atomic E-state index is -4.02. The van der Waals surface area contributed by atoms with E-state index in [0.29, 0.717) is 16.3 Å². The van der Waals surface area contributed by atoms with E-state index in [1.165, 1.54) is 25.1 Å². The van der Waals surface area contributed by atoms with Crippen LogP contribution in [-0.4, -0.2) is 20.4 Å². The Morgan fingerprint density at radius 3 is 2.44 bits per heavy atom. The van der Waals surface area contributed by atoms with Crippen molar-refractivity contribution in [3.8, 4) is 0 Å². The lowest BCUT2D eigenvalue weighted by Gasteiger charge is -2.16. The average Bonchev–Trinajstić information content (AvgIpc) is 2.53. The van der Waals surface area contributed by atoms with Crippen molar-refractivity contribution in [3.63, 3.8) is 0 Å². The average molecular weight is 422 g/mol. The Morgan fingerprint density at radius 1 is 1.08 bits per heavy atom. The molecule has 0 bridgehead atoms. The van der Waals surface area contributed by atoms with Crippen molar-refractivity contribution in [1.29, 1.82) is 0 Å². The number of carbonyl (C=O) groups is 1. The van der Waals surface area contributed by atoms with E-state index < -0.39 is 22.0 Å². The molecule has 2 aromatic rings. The standard InChI is InChI=1S/C16H15Cl3N2O3S/c1-9-12(18)4-3-5-14(9)20-16(22)10(2)21-25(23,24)15-8-11(17)6-7-13(15)19/h3-8,10,21H,1-2H3,(H,20,22)/t10-/m0/s1. The molecule has 0 aliphatic heterocycles. The monoisotopic (exact) mass is 420 g/mol. The molecule has 2 rings (SSSR count). The number of anilines is 1. The van der Waals surface area contributed by atoms with E-state index in [1.54, 1.807) is 25.1 Å². The number of amides is 1. The first-order valence-corrected chi connectivity index (χ1v) is 9.77. The zero-order chi connectivity index (χ0) is 18.8. The largest absolute Gasteiger partial charge is 0.324 e. The van der Waals surface area contributed by atoms with Gasteiger partial charge in [-0.05, 0) is 49.7 Å². The van der Waals surface area contributed by atoms with Gasteiger partial charge in [-0.3, -0.25) is 4.79 Å². The van der Waals surface area contributed by atoms with Crippen molar-refractivity contribution in [3.05, 3.63) is 57.0 Å². The highest BCUT2D eigenvalue weighted by Crippen LogP contribution is 2.25. The van der Waals surface area contributed by atoms with E-state index in [4.69, 9.17) is 34.8 Å². The second kappa shape index (κ2) is 7.93. The predicted octanol–water partition coefficient (Wildman–Crippen LogP) is 4.26. The third-order valence-electron chi connectivity index (χ3n) is 3.43. The van der Waals surface area contributed by atoms with Crippen molar-refractivity contribution in [2.24, 2.45) is 0 Å². The summed E-state index contributed by atoms with van der Waals surface area (Å²) in [5.41, 5.74) is 1.19. The number of sulfonamides is 1. The van der Waals surface area contributed by atoms with Gasteiger partial charge >= 0.3 is 0 Å². The minimum Gasteiger partial charge on any atom is -0.324 e. The Hall–Kier alpha value is -1.31. The number of rotatable bonds is 5. The van der Waals surface area contributed by atoms with Gasteiger partial charge in [0.1, 0.15) is 4.90 Å². The van der Waals surface area contributed by atoms with Crippen molar-refractivity contribution in [1.82, 2.24) is 4.72 Å². The van der Waals surface area contributed by atoms with Crippen LogP contribution < -0.4 is 10.0 Å². The van der Waals surface area contributed by atoms with Gasteiger partial charge in [0.2, 0.25) is 15.9 Å². The SMILES string of the molecule is Cc1c(Cl)cccc1NC(=O)[C@H](C)NS(=O)(=O)c1cc(Cl)ccc1Cl. The van der Waals surface area contributed by atoms with Crippen LogP contribution in [0.3, 0.4) is 0 Å². The highest BCUT2D eigenvalue weighted by Gasteiger charge is 2.24. The van der Waals surface area contributed by atoms with Crippen LogP contribution in [0, 0.1) is 6.92 Å². The fraction of sp³-hybridized carbons (Fsp3) is 0.188. The van der Waals surface area contributed by atoms with E-state index in [2.05, 4.69) is 10.0 Å². The molecule has 0 unspecified atom stereocenters. The van der Waals surface area contributed by atoms with Gasteiger partial charge in [0, 0.05) is 15.7 Å². The first-order valence-electron chi connectivity index (χ1n) is 7.15. The maximum atomic E-state index is 12.4. The summed E-state index contributed by atoms with van der Waals surface area (Å²) >= 11 is 17.7. The van der Waals surface area contributed by atoms with Gasteiger partial charge < -0.3 is 5.32 Å². The molecule has 0 spiro atoms. The summed E-state index contributed by atoms with van der Waals surface area (Å²) in [5, 5.41) is 3.37. The predicted molar refractivity (Wildman–Crippen MR) is 101 cm³/mol. The van der Waals surface area contributed by atoms with E-state index in [1.807, 2.05) is 0 Å². The lowest BCUT2D eigenvalue weighted by Crippen LogP contribution is -2.41. The highest BCUT2D eigenvalue weighted by atomic mass is 35.5. The van der Waals surface area contributed by atoms with Crippen LogP contribution in [0.1, 0.15) is 12.5 Å². The molecule has 134 valence electrons. The van der Waals surface area contributed by atoms with E-state index in [-0.39, 0.29) is 14.9 Å². The molecular weight excluding hydrogens is 407 g/mol. The number of hydrogen-bond donors (Lipinski definition) is 2. The molecule has 2 aromatic carbocycles. The zero-order valence-electron chi connectivity index (χ0n) is 13.3. The van der Waals surface area contributed by atoms with Gasteiger partial charge in [-0.2, -0.15) is 4.72 Å². The highest BCUT2D eigenvalue weighted by molar-refractivity contribution is 7.89. The first-order chi connectivity index (χ1) is 11.6. The Balaban J connectivity index is 2.17.